The van der Waals surface area contributed by atoms with Crippen LogP contribution in [0, 0.1) is 5.82 Å². The van der Waals surface area contributed by atoms with E-state index in [0.717, 1.165) is 11.3 Å². The molecule has 1 aliphatic rings. The number of nitrogens with one attached hydrogen (secondary N) is 2. The third kappa shape index (κ3) is 7.63. The number of halogens is 1. The second kappa shape index (κ2) is 14.4. The maximum atomic E-state index is 13.8. The van der Waals surface area contributed by atoms with Crippen molar-refractivity contribution in [3.63, 3.8) is 0 Å². The summed E-state index contributed by atoms with van der Waals surface area (Å²) in [7, 11) is 0.512. The first-order valence-corrected chi connectivity index (χ1v) is 16.2. The van der Waals surface area contributed by atoms with Crippen LogP contribution in [-0.4, -0.2) is 73.3 Å². The van der Waals surface area contributed by atoms with E-state index in [1.54, 1.807) is 67.7 Å². The molecule has 1 heterocycles. The molecule has 0 atom stereocenters. The summed E-state index contributed by atoms with van der Waals surface area (Å²) < 4.78 is 59.6. The van der Waals surface area contributed by atoms with Crippen molar-refractivity contribution in [3.05, 3.63) is 102 Å². The van der Waals surface area contributed by atoms with Crippen LogP contribution in [0.4, 0.5) is 21.5 Å². The summed E-state index contributed by atoms with van der Waals surface area (Å²) in [6.07, 6.45) is 0.572. The van der Waals surface area contributed by atoms with E-state index in [4.69, 9.17) is 14.2 Å². The molecule has 1 saturated heterocycles. The number of hydrogen-bond acceptors (Lipinski definition) is 8. The Balaban J connectivity index is 1.36. The van der Waals surface area contributed by atoms with Gasteiger partial charge in [-0.3, -0.25) is 9.52 Å². The average Bonchev–Trinajstić information content (AvgIpc) is 3.08. The Kier molecular flexibility index (Phi) is 10.2. The number of methoxy groups -OCH3 is 3. The van der Waals surface area contributed by atoms with Gasteiger partial charge in [-0.1, -0.05) is 12.1 Å². The number of nitrogens with zero attached hydrogens (tertiary/aromatic N) is 2. The van der Waals surface area contributed by atoms with E-state index in [1.165, 1.54) is 25.3 Å². The van der Waals surface area contributed by atoms with Gasteiger partial charge in [0.2, 0.25) is 0 Å². The minimum atomic E-state index is -4.13. The number of piperazine rings is 1. The van der Waals surface area contributed by atoms with E-state index in [9.17, 15) is 17.6 Å². The number of benzene rings is 4. The summed E-state index contributed by atoms with van der Waals surface area (Å²) in [6, 6.07) is 23.2. The monoisotopic (exact) mass is 648 g/mol. The lowest BCUT2D eigenvalue weighted by Crippen LogP contribution is -2.48. The van der Waals surface area contributed by atoms with Gasteiger partial charge in [0, 0.05) is 50.0 Å². The quantitative estimate of drug-likeness (QED) is 0.214. The number of rotatable bonds is 12. The van der Waals surface area contributed by atoms with Crippen LogP contribution < -0.4 is 29.1 Å². The fraction of sp³-hybridized carbons (Fsp3) is 0.265. The molecule has 1 aliphatic heterocycles. The first kappa shape index (κ1) is 32.4. The third-order valence-electron chi connectivity index (χ3n) is 7.78. The van der Waals surface area contributed by atoms with Crippen molar-refractivity contribution in [3.8, 4) is 17.2 Å². The molecule has 1 fully saturated rings. The van der Waals surface area contributed by atoms with E-state index in [0.29, 0.717) is 67.8 Å². The maximum absolute atomic E-state index is 13.8. The molecule has 0 aromatic heterocycles. The van der Waals surface area contributed by atoms with Crippen LogP contribution in [0.25, 0.3) is 0 Å². The molecule has 242 valence electrons. The van der Waals surface area contributed by atoms with E-state index >= 15 is 0 Å². The molecule has 0 aliphatic carbocycles. The normalized spacial score (nSPS) is 13.2. The molecular weight excluding hydrogens is 611 g/mol. The smallest absolute Gasteiger partial charge is 0.263 e. The van der Waals surface area contributed by atoms with Gasteiger partial charge >= 0.3 is 0 Å². The molecule has 12 heteroatoms. The fourth-order valence-electron chi connectivity index (χ4n) is 5.30. The van der Waals surface area contributed by atoms with Gasteiger partial charge in [0.05, 0.1) is 32.7 Å². The highest BCUT2D eigenvalue weighted by Crippen LogP contribution is 2.30. The molecule has 0 radical (unpaired) electrons. The Morgan fingerprint density at radius 2 is 1.57 bits per heavy atom. The predicted molar refractivity (Wildman–Crippen MR) is 177 cm³/mol. The van der Waals surface area contributed by atoms with Gasteiger partial charge in [0.25, 0.3) is 15.9 Å². The standard InChI is InChI=1S/C34H37FN4O6S/c1-43-29-6-4-5-27(23-29)37-46(41,42)33-22-25(34(40)39-19-17-38(18-20-39)28-11-9-26(35)10-12-28)8-13-30(33)36-16-15-24-7-14-31(44-2)32(21-24)45-3/h4-14,21-23,36-37H,15-20H2,1-3H3. The van der Waals surface area contributed by atoms with Crippen molar-refractivity contribution < 1.29 is 31.8 Å². The topological polar surface area (TPSA) is 109 Å². The van der Waals surface area contributed by atoms with Crippen LogP contribution in [0.3, 0.4) is 0 Å². The van der Waals surface area contributed by atoms with Crippen molar-refractivity contribution in [1.82, 2.24) is 4.90 Å². The van der Waals surface area contributed by atoms with Gasteiger partial charge in [-0.05, 0) is 78.7 Å². The molecule has 0 unspecified atom stereocenters. The zero-order valence-electron chi connectivity index (χ0n) is 26.0. The zero-order chi connectivity index (χ0) is 32.7. The van der Waals surface area contributed by atoms with Gasteiger partial charge in [0.1, 0.15) is 16.5 Å². The maximum Gasteiger partial charge on any atom is 0.263 e. The predicted octanol–water partition coefficient (Wildman–Crippen LogP) is 5.27. The van der Waals surface area contributed by atoms with Crippen LogP contribution in [-0.2, 0) is 16.4 Å². The van der Waals surface area contributed by atoms with Gasteiger partial charge in [-0.2, -0.15) is 0 Å². The van der Waals surface area contributed by atoms with Gasteiger partial charge in [-0.25, -0.2) is 12.8 Å². The minimum Gasteiger partial charge on any atom is -0.497 e. The molecular formula is C34H37FN4O6S. The van der Waals surface area contributed by atoms with E-state index in [1.807, 2.05) is 18.2 Å². The molecule has 0 spiro atoms. The Morgan fingerprint density at radius 1 is 0.826 bits per heavy atom. The Morgan fingerprint density at radius 3 is 2.26 bits per heavy atom. The van der Waals surface area contributed by atoms with E-state index < -0.39 is 10.0 Å². The average molecular weight is 649 g/mol. The molecule has 46 heavy (non-hydrogen) atoms. The van der Waals surface area contributed by atoms with Crippen molar-refractivity contribution in [2.24, 2.45) is 0 Å². The van der Waals surface area contributed by atoms with Crippen molar-refractivity contribution >= 4 is 33.0 Å². The second-order valence-corrected chi connectivity index (χ2v) is 12.3. The van der Waals surface area contributed by atoms with Crippen LogP contribution in [0.1, 0.15) is 15.9 Å². The SMILES string of the molecule is COc1cccc(NS(=O)(=O)c2cc(C(=O)N3CCN(c4ccc(F)cc4)CC3)ccc2NCCc2ccc(OC)c(OC)c2)c1. The fourth-order valence-corrected chi connectivity index (χ4v) is 6.56. The minimum absolute atomic E-state index is 0.0570. The van der Waals surface area contributed by atoms with Crippen molar-refractivity contribution in [1.29, 1.82) is 0 Å². The number of carbonyl (C=O) groups excluding carboxylic acids is 1. The number of sulfonamides is 1. The molecule has 4 aromatic rings. The molecule has 2 N–H and O–H groups in total. The van der Waals surface area contributed by atoms with Crippen LogP contribution in [0.5, 0.6) is 17.2 Å². The number of amides is 1. The first-order chi connectivity index (χ1) is 22.2. The van der Waals surface area contributed by atoms with Crippen molar-refractivity contribution in [2.75, 3.05) is 69.0 Å². The summed E-state index contributed by atoms with van der Waals surface area (Å²) in [6.45, 7) is 2.42. The van der Waals surface area contributed by atoms with Crippen LogP contribution in [0.2, 0.25) is 0 Å². The molecule has 4 aromatic carbocycles. The lowest BCUT2D eigenvalue weighted by molar-refractivity contribution is 0.0746. The Hall–Kier alpha value is -4.97. The summed E-state index contributed by atoms with van der Waals surface area (Å²) in [4.78, 5) is 17.3. The van der Waals surface area contributed by atoms with E-state index in [2.05, 4.69) is 14.9 Å². The van der Waals surface area contributed by atoms with E-state index in [-0.39, 0.29) is 22.2 Å². The van der Waals surface area contributed by atoms with Crippen molar-refractivity contribution in [2.45, 2.75) is 11.3 Å². The lowest BCUT2D eigenvalue weighted by atomic mass is 10.1. The largest absolute Gasteiger partial charge is 0.497 e. The number of hydrogen-bond donors (Lipinski definition) is 2. The number of carbonyl (C=O) groups is 1. The first-order valence-electron chi connectivity index (χ1n) is 14.8. The molecule has 5 rings (SSSR count). The zero-order valence-corrected chi connectivity index (χ0v) is 26.8. The van der Waals surface area contributed by atoms with Crippen LogP contribution >= 0.6 is 0 Å². The summed E-state index contributed by atoms with van der Waals surface area (Å²) in [5.41, 5.74) is 2.79. The second-order valence-electron chi connectivity index (χ2n) is 10.7. The number of anilines is 3. The highest BCUT2D eigenvalue weighted by molar-refractivity contribution is 7.92. The summed E-state index contributed by atoms with van der Waals surface area (Å²) >= 11 is 0. The third-order valence-corrected chi connectivity index (χ3v) is 9.20. The lowest BCUT2D eigenvalue weighted by Gasteiger charge is -2.36. The Labute approximate surface area is 268 Å². The number of ether oxygens (including phenoxy) is 3. The molecule has 0 saturated carbocycles. The summed E-state index contributed by atoms with van der Waals surface area (Å²) in [5.74, 6) is 1.15. The highest BCUT2D eigenvalue weighted by Gasteiger charge is 2.26. The van der Waals surface area contributed by atoms with Gasteiger partial charge < -0.3 is 29.3 Å². The van der Waals surface area contributed by atoms with Gasteiger partial charge in [-0.15, -0.1) is 0 Å². The van der Waals surface area contributed by atoms with Gasteiger partial charge in [0.15, 0.2) is 11.5 Å². The molecule has 0 bridgehead atoms. The summed E-state index contributed by atoms with van der Waals surface area (Å²) in [5, 5.41) is 3.24. The highest BCUT2D eigenvalue weighted by atomic mass is 32.2. The Bertz CT molecular complexity index is 1780. The molecule has 1 amide bonds. The van der Waals surface area contributed by atoms with Crippen LogP contribution in [0.15, 0.2) is 89.8 Å². The molecule has 10 nitrogen and oxygen atoms in total.